The number of nitrogens with one attached hydrogen (secondary N) is 1. The van der Waals surface area contributed by atoms with Gasteiger partial charge < -0.3 is 14.7 Å². The number of hydrazine groups is 1. The van der Waals surface area contributed by atoms with Crippen molar-refractivity contribution in [2.24, 2.45) is 11.8 Å². The average molecular weight is 262 g/mol. The van der Waals surface area contributed by atoms with Crippen LogP contribution in [0.5, 0.6) is 0 Å². The fourth-order valence-electron chi connectivity index (χ4n) is 2.07. The van der Waals surface area contributed by atoms with Crippen LogP contribution in [0.4, 0.5) is 11.6 Å². The predicted octanol–water partition coefficient (Wildman–Crippen LogP) is 1.89. The van der Waals surface area contributed by atoms with Gasteiger partial charge in [0, 0.05) is 25.5 Å². The number of imidazole rings is 1. The molecule has 0 aliphatic rings. The van der Waals surface area contributed by atoms with Crippen LogP contribution in [0.1, 0.15) is 27.2 Å². The van der Waals surface area contributed by atoms with Gasteiger partial charge in [-0.15, -0.1) is 0 Å². The lowest BCUT2D eigenvalue weighted by Crippen LogP contribution is -2.30. The highest BCUT2D eigenvalue weighted by atomic mass is 15.3. The molecule has 2 rings (SSSR count). The van der Waals surface area contributed by atoms with Crippen molar-refractivity contribution in [3.05, 3.63) is 18.6 Å². The summed E-state index contributed by atoms with van der Waals surface area (Å²) in [5.41, 5.74) is 3.47. The third-order valence-corrected chi connectivity index (χ3v) is 3.41. The lowest BCUT2D eigenvalue weighted by molar-refractivity contribution is 0.546. The number of nitrogens with two attached hydrogens (primary N) is 1. The number of rotatable bonds is 6. The molecule has 0 saturated heterocycles. The van der Waals surface area contributed by atoms with E-state index in [-0.39, 0.29) is 0 Å². The van der Waals surface area contributed by atoms with Gasteiger partial charge in [-0.05, 0) is 12.8 Å². The van der Waals surface area contributed by atoms with Crippen LogP contribution in [0.3, 0.4) is 0 Å². The van der Waals surface area contributed by atoms with Crippen LogP contribution in [0.25, 0.3) is 5.65 Å². The zero-order chi connectivity index (χ0) is 13.8. The van der Waals surface area contributed by atoms with Crippen LogP contribution in [0.2, 0.25) is 0 Å². The van der Waals surface area contributed by atoms with E-state index in [1.807, 2.05) is 16.8 Å². The van der Waals surface area contributed by atoms with Gasteiger partial charge in [0.2, 0.25) is 0 Å². The minimum absolute atomic E-state index is 0.617. The van der Waals surface area contributed by atoms with Crippen molar-refractivity contribution in [3.63, 3.8) is 0 Å². The van der Waals surface area contributed by atoms with Crippen molar-refractivity contribution >= 4 is 17.3 Å². The molecule has 1 atom stereocenters. The summed E-state index contributed by atoms with van der Waals surface area (Å²) in [6.07, 6.45) is 6.66. The molecule has 0 bridgehead atoms. The first kappa shape index (κ1) is 13.6. The van der Waals surface area contributed by atoms with Crippen LogP contribution in [0, 0.1) is 5.92 Å². The van der Waals surface area contributed by atoms with E-state index in [2.05, 4.69) is 41.1 Å². The van der Waals surface area contributed by atoms with E-state index in [0.717, 1.165) is 31.0 Å². The first-order valence-electron chi connectivity index (χ1n) is 6.74. The number of fused-ring (bicyclic) bond motifs is 1. The van der Waals surface area contributed by atoms with E-state index in [0.29, 0.717) is 11.7 Å². The Labute approximate surface area is 113 Å². The van der Waals surface area contributed by atoms with Crippen LogP contribution in [0.15, 0.2) is 18.6 Å². The quantitative estimate of drug-likeness (QED) is 0.614. The maximum atomic E-state index is 5.48. The molecule has 2 heterocycles. The Morgan fingerprint density at radius 1 is 1.47 bits per heavy atom. The van der Waals surface area contributed by atoms with Gasteiger partial charge in [-0.2, -0.15) is 0 Å². The van der Waals surface area contributed by atoms with Gasteiger partial charge in [-0.25, -0.2) is 15.8 Å². The highest BCUT2D eigenvalue weighted by Crippen LogP contribution is 2.21. The van der Waals surface area contributed by atoms with Crippen molar-refractivity contribution in [3.8, 4) is 0 Å². The standard InChI is InChI=1S/C13H22N6/c1-4-10(3)8-18(5-2)13-12-15-6-7-19(12)9-11(16-13)17-14/h6-7,9-10,17H,4-5,8,14H2,1-3H3. The largest absolute Gasteiger partial charge is 0.353 e. The SMILES string of the molecule is CCC(C)CN(CC)c1nc(NN)cn2ccnc12. The summed E-state index contributed by atoms with van der Waals surface area (Å²) in [5.74, 6) is 7.62. The summed E-state index contributed by atoms with van der Waals surface area (Å²) in [6, 6.07) is 0. The number of nitrogen functional groups attached to an aromatic ring is 1. The lowest BCUT2D eigenvalue weighted by atomic mass is 10.1. The summed E-state index contributed by atoms with van der Waals surface area (Å²) in [6.45, 7) is 8.45. The van der Waals surface area contributed by atoms with Crippen molar-refractivity contribution in [1.29, 1.82) is 0 Å². The number of anilines is 2. The molecule has 0 aliphatic carbocycles. The van der Waals surface area contributed by atoms with E-state index in [9.17, 15) is 0 Å². The molecule has 0 saturated carbocycles. The number of aromatic nitrogens is 3. The van der Waals surface area contributed by atoms with E-state index in [1.54, 1.807) is 6.20 Å². The van der Waals surface area contributed by atoms with Crippen LogP contribution in [-0.2, 0) is 0 Å². The van der Waals surface area contributed by atoms with E-state index >= 15 is 0 Å². The van der Waals surface area contributed by atoms with Gasteiger partial charge in [0.1, 0.15) is 0 Å². The molecule has 0 spiro atoms. The fourth-order valence-corrected chi connectivity index (χ4v) is 2.07. The van der Waals surface area contributed by atoms with Gasteiger partial charge in [0.25, 0.3) is 0 Å². The smallest absolute Gasteiger partial charge is 0.180 e. The second kappa shape index (κ2) is 5.88. The second-order valence-electron chi connectivity index (χ2n) is 4.80. The van der Waals surface area contributed by atoms with Crippen molar-refractivity contribution < 1.29 is 0 Å². The van der Waals surface area contributed by atoms with Crippen molar-refractivity contribution in [2.75, 3.05) is 23.4 Å². The van der Waals surface area contributed by atoms with Crippen molar-refractivity contribution in [1.82, 2.24) is 14.4 Å². The van der Waals surface area contributed by atoms with E-state index in [1.165, 1.54) is 0 Å². The van der Waals surface area contributed by atoms with Gasteiger partial charge in [0.05, 0.1) is 6.20 Å². The Bertz CT molecular complexity index is 535. The molecule has 19 heavy (non-hydrogen) atoms. The Hall–Kier alpha value is -1.82. The summed E-state index contributed by atoms with van der Waals surface area (Å²) in [5, 5.41) is 0. The minimum Gasteiger partial charge on any atom is -0.353 e. The third-order valence-electron chi connectivity index (χ3n) is 3.41. The Kier molecular flexibility index (Phi) is 4.21. The molecule has 0 fully saturated rings. The molecule has 2 aromatic heterocycles. The van der Waals surface area contributed by atoms with Gasteiger partial charge in [0.15, 0.2) is 17.3 Å². The third kappa shape index (κ3) is 2.78. The summed E-state index contributed by atoms with van der Waals surface area (Å²) in [7, 11) is 0. The maximum absolute atomic E-state index is 5.48. The zero-order valence-corrected chi connectivity index (χ0v) is 11.8. The molecule has 2 aromatic rings. The monoisotopic (exact) mass is 262 g/mol. The lowest BCUT2D eigenvalue weighted by Gasteiger charge is -2.25. The Morgan fingerprint density at radius 3 is 2.89 bits per heavy atom. The van der Waals surface area contributed by atoms with E-state index < -0.39 is 0 Å². The second-order valence-corrected chi connectivity index (χ2v) is 4.80. The summed E-state index contributed by atoms with van der Waals surface area (Å²) >= 11 is 0. The molecule has 104 valence electrons. The number of nitrogens with zero attached hydrogens (tertiary/aromatic N) is 4. The number of hydrogen-bond acceptors (Lipinski definition) is 5. The molecule has 0 aliphatic heterocycles. The molecular formula is C13H22N6. The Morgan fingerprint density at radius 2 is 2.26 bits per heavy atom. The molecule has 0 radical (unpaired) electrons. The minimum atomic E-state index is 0.617. The molecule has 3 N–H and O–H groups in total. The summed E-state index contributed by atoms with van der Waals surface area (Å²) < 4.78 is 1.94. The topological polar surface area (TPSA) is 71.5 Å². The normalized spacial score (nSPS) is 12.6. The first-order valence-corrected chi connectivity index (χ1v) is 6.74. The van der Waals surface area contributed by atoms with Crippen LogP contribution < -0.4 is 16.2 Å². The van der Waals surface area contributed by atoms with Crippen LogP contribution >= 0.6 is 0 Å². The Balaban J connectivity index is 2.42. The van der Waals surface area contributed by atoms with Crippen molar-refractivity contribution in [2.45, 2.75) is 27.2 Å². The average Bonchev–Trinajstić information content (AvgIpc) is 2.91. The molecule has 0 amide bonds. The molecule has 0 aromatic carbocycles. The summed E-state index contributed by atoms with van der Waals surface area (Å²) in [4.78, 5) is 11.2. The predicted molar refractivity (Wildman–Crippen MR) is 78.1 cm³/mol. The zero-order valence-electron chi connectivity index (χ0n) is 11.8. The maximum Gasteiger partial charge on any atom is 0.180 e. The van der Waals surface area contributed by atoms with Gasteiger partial charge in [-0.3, -0.25) is 0 Å². The van der Waals surface area contributed by atoms with Gasteiger partial charge >= 0.3 is 0 Å². The first-order chi connectivity index (χ1) is 9.19. The molecule has 6 heteroatoms. The molecular weight excluding hydrogens is 240 g/mol. The number of hydrogen-bond donors (Lipinski definition) is 2. The highest BCUT2D eigenvalue weighted by molar-refractivity contribution is 5.66. The van der Waals surface area contributed by atoms with E-state index in [4.69, 9.17) is 5.84 Å². The highest BCUT2D eigenvalue weighted by Gasteiger charge is 2.15. The fraction of sp³-hybridized carbons (Fsp3) is 0.538. The van der Waals surface area contributed by atoms with Gasteiger partial charge in [-0.1, -0.05) is 20.3 Å². The molecule has 1 unspecified atom stereocenters. The molecule has 6 nitrogen and oxygen atoms in total. The van der Waals surface area contributed by atoms with Crippen LogP contribution in [-0.4, -0.2) is 27.5 Å².